The minimum Gasteiger partial charge on any atom is -0.493 e. The van der Waals surface area contributed by atoms with Gasteiger partial charge in [0.25, 0.3) is 5.71 Å². The summed E-state index contributed by atoms with van der Waals surface area (Å²) in [5, 5.41) is 12.9. The first-order valence-electron chi connectivity index (χ1n) is 8.01. The molecule has 0 spiro atoms. The van der Waals surface area contributed by atoms with Gasteiger partial charge in [-0.15, -0.1) is 10.2 Å². The highest BCUT2D eigenvalue weighted by atomic mass is 16.5. The Balaban J connectivity index is 1.76. The molecule has 4 rings (SSSR count). The number of pyridine rings is 1. The summed E-state index contributed by atoms with van der Waals surface area (Å²) in [5.74, 6) is 2.12. The van der Waals surface area contributed by atoms with Crippen LogP contribution in [0, 0.1) is 6.92 Å². The van der Waals surface area contributed by atoms with Gasteiger partial charge < -0.3 is 23.2 Å². The Morgan fingerprint density at radius 2 is 1.52 bits per heavy atom. The summed E-state index contributed by atoms with van der Waals surface area (Å²) in [6, 6.07) is 5.33. The van der Waals surface area contributed by atoms with Crippen molar-refractivity contribution in [1.29, 1.82) is 0 Å². The van der Waals surface area contributed by atoms with Crippen molar-refractivity contribution in [3.8, 4) is 40.2 Å². The zero-order valence-corrected chi connectivity index (χ0v) is 15.1. The van der Waals surface area contributed by atoms with Crippen molar-refractivity contribution in [2.75, 3.05) is 21.3 Å². The first-order chi connectivity index (χ1) is 13.1. The molecule has 0 saturated heterocycles. The minimum atomic E-state index is 0.311. The largest absolute Gasteiger partial charge is 0.493 e. The number of benzene rings is 1. The lowest BCUT2D eigenvalue weighted by Gasteiger charge is -2.12. The molecule has 0 atom stereocenters. The number of aromatic nitrogens is 4. The number of ether oxygens (including phenoxy) is 3. The van der Waals surface area contributed by atoms with E-state index < -0.39 is 0 Å². The van der Waals surface area contributed by atoms with Gasteiger partial charge in [0.05, 0.1) is 38.0 Å². The molecule has 9 heteroatoms. The number of aryl methyl sites for hydroxylation is 1. The van der Waals surface area contributed by atoms with Gasteiger partial charge in [0.15, 0.2) is 11.5 Å². The monoisotopic (exact) mass is 368 g/mol. The fraction of sp³-hybridized carbons (Fsp3) is 0.222. The summed E-state index contributed by atoms with van der Waals surface area (Å²) >= 11 is 0. The van der Waals surface area contributed by atoms with Crippen molar-refractivity contribution in [1.82, 2.24) is 20.3 Å². The first kappa shape index (κ1) is 16.8. The average Bonchev–Trinajstić information content (AvgIpc) is 3.34. The highest BCUT2D eigenvalue weighted by Gasteiger charge is 2.18. The molecule has 0 aliphatic rings. The number of hydrogen-bond donors (Lipinski definition) is 0. The fourth-order valence-electron chi connectivity index (χ4n) is 2.72. The Hall–Kier alpha value is -3.62. The lowest BCUT2D eigenvalue weighted by atomic mass is 10.2. The van der Waals surface area contributed by atoms with Crippen molar-refractivity contribution in [3.63, 3.8) is 0 Å². The molecule has 0 N–H and O–H groups in total. The average molecular weight is 368 g/mol. The smallest absolute Gasteiger partial charge is 0.257 e. The Bertz CT molecular complexity index is 1090. The van der Waals surface area contributed by atoms with E-state index >= 15 is 0 Å². The Labute approximate surface area is 153 Å². The van der Waals surface area contributed by atoms with E-state index in [4.69, 9.17) is 23.2 Å². The van der Waals surface area contributed by atoms with Crippen molar-refractivity contribution in [2.24, 2.45) is 0 Å². The molecular formula is C18H16N4O5. The molecule has 138 valence electrons. The van der Waals surface area contributed by atoms with Crippen LogP contribution in [0.15, 0.2) is 33.3 Å². The maximum atomic E-state index is 5.83. The van der Waals surface area contributed by atoms with E-state index in [9.17, 15) is 0 Å². The van der Waals surface area contributed by atoms with Crippen LogP contribution < -0.4 is 14.2 Å². The van der Waals surface area contributed by atoms with Gasteiger partial charge in [-0.3, -0.25) is 0 Å². The molecule has 3 heterocycles. The van der Waals surface area contributed by atoms with Crippen molar-refractivity contribution >= 4 is 11.1 Å². The van der Waals surface area contributed by atoms with Crippen LogP contribution in [0.5, 0.6) is 17.2 Å². The number of fused-ring (bicyclic) bond motifs is 1. The summed E-state index contributed by atoms with van der Waals surface area (Å²) in [4.78, 5) is 4.22. The minimum absolute atomic E-state index is 0.311. The van der Waals surface area contributed by atoms with Crippen LogP contribution in [-0.2, 0) is 0 Å². The molecule has 0 bridgehead atoms. The van der Waals surface area contributed by atoms with Gasteiger partial charge in [-0.1, -0.05) is 5.16 Å². The molecule has 27 heavy (non-hydrogen) atoms. The van der Waals surface area contributed by atoms with Crippen LogP contribution in [0.2, 0.25) is 0 Å². The Kier molecular flexibility index (Phi) is 4.11. The summed E-state index contributed by atoms with van der Waals surface area (Å²) in [6.45, 7) is 1.84. The summed E-state index contributed by atoms with van der Waals surface area (Å²) in [6.07, 6.45) is 1.60. The molecule has 0 unspecified atom stereocenters. The molecule has 0 saturated carbocycles. The third-order valence-electron chi connectivity index (χ3n) is 4.09. The number of methoxy groups -OCH3 is 3. The maximum Gasteiger partial charge on any atom is 0.257 e. The molecule has 0 fully saturated rings. The van der Waals surface area contributed by atoms with Gasteiger partial charge in [-0.2, -0.15) is 0 Å². The summed E-state index contributed by atoms with van der Waals surface area (Å²) in [5.41, 5.74) is 2.50. The third-order valence-corrected chi connectivity index (χ3v) is 4.09. The lowest BCUT2D eigenvalue weighted by molar-refractivity contribution is 0.324. The van der Waals surface area contributed by atoms with Crippen LogP contribution in [0.4, 0.5) is 0 Å². The van der Waals surface area contributed by atoms with Gasteiger partial charge in [0, 0.05) is 11.8 Å². The predicted octanol–water partition coefficient (Wildman–Crippen LogP) is 3.27. The second-order valence-corrected chi connectivity index (χ2v) is 5.67. The lowest BCUT2D eigenvalue weighted by Crippen LogP contribution is -1.95. The van der Waals surface area contributed by atoms with Crippen LogP contribution in [0.1, 0.15) is 5.69 Å². The van der Waals surface area contributed by atoms with E-state index in [1.807, 2.05) is 13.0 Å². The zero-order chi connectivity index (χ0) is 19.0. The standard InChI is InChI=1S/C18H16N4O5/c1-9-12-5-11(8-19-18(12)27-22-9)17-21-20-16(26-17)10-6-13(23-2)15(25-4)14(7-10)24-3/h5-8H,1-4H3. The highest BCUT2D eigenvalue weighted by molar-refractivity contribution is 5.80. The van der Waals surface area contributed by atoms with Crippen LogP contribution in [0.3, 0.4) is 0 Å². The molecule has 3 aromatic heterocycles. The molecule has 0 aliphatic carbocycles. The molecular weight excluding hydrogens is 352 g/mol. The van der Waals surface area contributed by atoms with E-state index in [0.717, 1.165) is 11.1 Å². The van der Waals surface area contributed by atoms with E-state index in [0.29, 0.717) is 45.9 Å². The second-order valence-electron chi connectivity index (χ2n) is 5.67. The number of hydrogen-bond acceptors (Lipinski definition) is 9. The van der Waals surface area contributed by atoms with Gasteiger partial charge in [0.1, 0.15) is 0 Å². The normalized spacial score (nSPS) is 11.0. The van der Waals surface area contributed by atoms with Crippen LogP contribution in [-0.4, -0.2) is 41.7 Å². The molecule has 0 radical (unpaired) electrons. The van der Waals surface area contributed by atoms with Crippen LogP contribution >= 0.6 is 0 Å². The van der Waals surface area contributed by atoms with E-state index in [1.165, 1.54) is 0 Å². The maximum absolute atomic E-state index is 5.83. The van der Waals surface area contributed by atoms with Crippen LogP contribution in [0.25, 0.3) is 34.0 Å². The topological polar surface area (TPSA) is 106 Å². The SMILES string of the molecule is COc1cc(-c2nnc(-c3cnc4onc(C)c4c3)o2)cc(OC)c1OC. The predicted molar refractivity (Wildman–Crippen MR) is 94.9 cm³/mol. The van der Waals surface area contributed by atoms with Crippen molar-refractivity contribution in [3.05, 3.63) is 30.1 Å². The fourth-order valence-corrected chi connectivity index (χ4v) is 2.72. The number of rotatable bonds is 5. The van der Waals surface area contributed by atoms with E-state index in [2.05, 4.69) is 20.3 Å². The van der Waals surface area contributed by atoms with Crippen molar-refractivity contribution < 1.29 is 23.2 Å². The van der Waals surface area contributed by atoms with Gasteiger partial charge >= 0.3 is 0 Å². The molecule has 0 aliphatic heterocycles. The number of nitrogens with zero attached hydrogens (tertiary/aromatic N) is 4. The first-order valence-corrected chi connectivity index (χ1v) is 8.01. The summed E-state index contributed by atoms with van der Waals surface area (Å²) < 4.78 is 27.0. The molecule has 0 amide bonds. The quantitative estimate of drug-likeness (QED) is 0.524. The van der Waals surface area contributed by atoms with E-state index in [-0.39, 0.29) is 0 Å². The van der Waals surface area contributed by atoms with Gasteiger partial charge in [0.2, 0.25) is 17.5 Å². The molecule has 1 aromatic carbocycles. The Morgan fingerprint density at radius 3 is 2.15 bits per heavy atom. The summed E-state index contributed by atoms with van der Waals surface area (Å²) in [7, 11) is 4.63. The van der Waals surface area contributed by atoms with Crippen molar-refractivity contribution in [2.45, 2.75) is 6.92 Å². The molecule has 4 aromatic rings. The zero-order valence-electron chi connectivity index (χ0n) is 15.1. The van der Waals surface area contributed by atoms with E-state index in [1.54, 1.807) is 39.7 Å². The Morgan fingerprint density at radius 1 is 0.852 bits per heavy atom. The highest BCUT2D eigenvalue weighted by Crippen LogP contribution is 2.41. The second kappa shape index (κ2) is 6.60. The van der Waals surface area contributed by atoms with Gasteiger partial charge in [-0.05, 0) is 25.1 Å². The third kappa shape index (κ3) is 2.82. The van der Waals surface area contributed by atoms with Gasteiger partial charge in [-0.25, -0.2) is 4.98 Å². The molecule has 9 nitrogen and oxygen atoms in total.